The number of rotatable bonds is 3. The second kappa shape index (κ2) is 8.13. The topological polar surface area (TPSA) is 56.5 Å². The van der Waals surface area contributed by atoms with Gasteiger partial charge in [0.25, 0.3) is 5.91 Å². The van der Waals surface area contributed by atoms with Crippen LogP contribution in [0.15, 0.2) is 53.2 Å². The highest BCUT2D eigenvalue weighted by Crippen LogP contribution is 2.33. The molecule has 0 aromatic heterocycles. The average molecular weight is 420 g/mol. The number of nitriles is 1. The minimum Gasteiger partial charge on any atom is -0.266 e. The lowest BCUT2D eigenvalue weighted by molar-refractivity contribution is -0.113. The highest BCUT2D eigenvalue weighted by molar-refractivity contribution is 8.15. The molecular formula is C19H12Cl2FN3OS. The smallest absolute Gasteiger partial charge is 0.266 e. The third-order valence-electron chi connectivity index (χ3n) is 3.63. The summed E-state index contributed by atoms with van der Waals surface area (Å²) >= 11 is 13.0. The first kappa shape index (κ1) is 19.4. The monoisotopic (exact) mass is 419 g/mol. The summed E-state index contributed by atoms with van der Waals surface area (Å²) in [7, 11) is 0. The van der Waals surface area contributed by atoms with Crippen LogP contribution >= 0.6 is 35.0 Å². The van der Waals surface area contributed by atoms with Crippen molar-refractivity contribution in [2.24, 2.45) is 4.99 Å². The summed E-state index contributed by atoms with van der Waals surface area (Å²) in [5.41, 5.74) is 0.824. The number of amides is 1. The highest BCUT2D eigenvalue weighted by atomic mass is 35.5. The van der Waals surface area contributed by atoms with E-state index in [1.165, 1.54) is 23.1 Å². The molecule has 3 rings (SSSR count). The van der Waals surface area contributed by atoms with E-state index in [4.69, 9.17) is 28.5 Å². The zero-order valence-corrected chi connectivity index (χ0v) is 16.3. The van der Waals surface area contributed by atoms with Gasteiger partial charge in [-0.15, -0.1) is 0 Å². The van der Waals surface area contributed by atoms with Crippen LogP contribution in [0.5, 0.6) is 0 Å². The molecule has 0 spiro atoms. The van der Waals surface area contributed by atoms with E-state index in [1.807, 2.05) is 0 Å². The molecule has 136 valence electrons. The maximum absolute atomic E-state index is 14.3. The van der Waals surface area contributed by atoms with Crippen LogP contribution < -0.4 is 4.90 Å². The number of amidine groups is 1. The summed E-state index contributed by atoms with van der Waals surface area (Å²) in [4.78, 5) is 18.4. The molecule has 1 aliphatic heterocycles. The molecule has 0 aliphatic carbocycles. The molecule has 0 saturated heterocycles. The number of aliphatic imine (C=N–C) groups is 1. The standard InChI is InChI=1S/C19H12Cl2FN3OS/c1-11(10-23)27-19-24-16(9-12-6-7-13(20)14(21)8-12)18(26)25(19)17-5-3-2-4-15(17)22/h2-9,11H,1H3/b16-9-/t11-/m1/s1. The largest absolute Gasteiger partial charge is 0.283 e. The van der Waals surface area contributed by atoms with E-state index in [0.717, 1.165) is 11.8 Å². The third kappa shape index (κ3) is 4.16. The molecule has 1 atom stereocenters. The second-order valence-electron chi connectivity index (χ2n) is 5.58. The predicted octanol–water partition coefficient (Wildman–Crippen LogP) is 5.52. The number of hydrogen-bond donors (Lipinski definition) is 0. The summed E-state index contributed by atoms with van der Waals surface area (Å²) in [6, 6.07) is 12.9. The van der Waals surface area contributed by atoms with Crippen molar-refractivity contribution in [1.82, 2.24) is 0 Å². The van der Waals surface area contributed by atoms with E-state index in [9.17, 15) is 9.18 Å². The summed E-state index contributed by atoms with van der Waals surface area (Å²) in [6.07, 6.45) is 1.54. The SMILES string of the molecule is C[C@H](C#N)SC1=N/C(=C\c2ccc(Cl)c(Cl)c2)C(=O)N1c1ccccc1F. The van der Waals surface area contributed by atoms with Crippen LogP contribution in [-0.4, -0.2) is 16.3 Å². The minimum absolute atomic E-state index is 0.0800. The number of halogens is 3. The van der Waals surface area contributed by atoms with Crippen molar-refractivity contribution < 1.29 is 9.18 Å². The number of nitrogens with zero attached hydrogens (tertiary/aromatic N) is 3. The molecular weight excluding hydrogens is 408 g/mol. The minimum atomic E-state index is -0.556. The average Bonchev–Trinajstić information content (AvgIpc) is 2.93. The van der Waals surface area contributed by atoms with Gasteiger partial charge in [0.05, 0.1) is 27.1 Å². The van der Waals surface area contributed by atoms with Gasteiger partial charge >= 0.3 is 0 Å². The lowest BCUT2D eigenvalue weighted by Crippen LogP contribution is -2.31. The first-order valence-corrected chi connectivity index (χ1v) is 9.45. The Balaban J connectivity index is 2.05. The Morgan fingerprint density at radius 2 is 2.00 bits per heavy atom. The fourth-order valence-electron chi connectivity index (χ4n) is 2.37. The van der Waals surface area contributed by atoms with Gasteiger partial charge < -0.3 is 0 Å². The zero-order valence-electron chi connectivity index (χ0n) is 14.0. The van der Waals surface area contributed by atoms with E-state index in [-0.39, 0.29) is 16.6 Å². The Bertz CT molecular complexity index is 1020. The van der Waals surface area contributed by atoms with E-state index < -0.39 is 17.0 Å². The maximum atomic E-state index is 14.3. The fourth-order valence-corrected chi connectivity index (χ4v) is 3.48. The molecule has 1 heterocycles. The number of carbonyl (C=O) groups excluding carboxylic acids is 1. The molecule has 27 heavy (non-hydrogen) atoms. The number of thioether (sulfide) groups is 1. The van der Waals surface area contributed by atoms with E-state index in [2.05, 4.69) is 11.1 Å². The lowest BCUT2D eigenvalue weighted by Gasteiger charge is -2.18. The predicted molar refractivity (Wildman–Crippen MR) is 108 cm³/mol. The van der Waals surface area contributed by atoms with Crippen LogP contribution in [0.1, 0.15) is 12.5 Å². The van der Waals surface area contributed by atoms with Gasteiger partial charge in [-0.1, -0.05) is 53.2 Å². The van der Waals surface area contributed by atoms with Crippen molar-refractivity contribution >= 4 is 57.8 Å². The Labute approximate surface area is 169 Å². The van der Waals surface area contributed by atoms with Gasteiger partial charge in [0.15, 0.2) is 5.17 Å². The van der Waals surface area contributed by atoms with Crippen LogP contribution in [0.3, 0.4) is 0 Å². The first-order valence-electron chi connectivity index (χ1n) is 7.81. The van der Waals surface area contributed by atoms with E-state index in [0.29, 0.717) is 15.6 Å². The van der Waals surface area contributed by atoms with Crippen LogP contribution in [0.2, 0.25) is 10.0 Å². The van der Waals surface area contributed by atoms with Crippen molar-refractivity contribution in [3.63, 3.8) is 0 Å². The normalized spacial score (nSPS) is 16.4. The van der Waals surface area contributed by atoms with Crippen molar-refractivity contribution in [3.8, 4) is 6.07 Å². The van der Waals surface area contributed by atoms with Gasteiger partial charge in [-0.3, -0.25) is 9.69 Å². The first-order chi connectivity index (χ1) is 12.9. The molecule has 4 nitrogen and oxygen atoms in total. The Morgan fingerprint density at radius 3 is 2.67 bits per heavy atom. The summed E-state index contributed by atoms with van der Waals surface area (Å²) in [6.45, 7) is 1.68. The van der Waals surface area contributed by atoms with Crippen LogP contribution in [0.4, 0.5) is 10.1 Å². The number of hydrogen-bond acceptors (Lipinski definition) is 4. The van der Waals surface area contributed by atoms with Crippen LogP contribution in [-0.2, 0) is 4.79 Å². The Morgan fingerprint density at radius 1 is 1.26 bits per heavy atom. The lowest BCUT2D eigenvalue weighted by atomic mass is 10.2. The van der Waals surface area contributed by atoms with Gasteiger partial charge in [-0.05, 0) is 42.8 Å². The van der Waals surface area contributed by atoms with Crippen LogP contribution in [0, 0.1) is 17.1 Å². The van der Waals surface area contributed by atoms with Crippen molar-refractivity contribution in [1.29, 1.82) is 5.26 Å². The Hall–Kier alpha value is -2.33. The summed E-state index contributed by atoms with van der Waals surface area (Å²) < 4.78 is 14.3. The van der Waals surface area contributed by atoms with Gasteiger partial charge in [-0.25, -0.2) is 9.38 Å². The quantitative estimate of drug-likeness (QED) is 0.615. The molecule has 0 saturated carbocycles. The van der Waals surface area contributed by atoms with Crippen molar-refractivity contribution in [2.75, 3.05) is 4.90 Å². The molecule has 1 amide bonds. The maximum Gasteiger partial charge on any atom is 0.283 e. The summed E-state index contributed by atoms with van der Waals surface area (Å²) in [5.74, 6) is -1.04. The number of anilines is 1. The van der Waals surface area contributed by atoms with Gasteiger partial charge in [-0.2, -0.15) is 5.26 Å². The molecule has 0 fully saturated rings. The number of carbonyl (C=O) groups is 1. The van der Waals surface area contributed by atoms with Crippen molar-refractivity contribution in [2.45, 2.75) is 12.2 Å². The number of benzene rings is 2. The van der Waals surface area contributed by atoms with Gasteiger partial charge in [0.1, 0.15) is 11.5 Å². The van der Waals surface area contributed by atoms with Gasteiger partial charge in [0, 0.05) is 0 Å². The molecule has 0 unspecified atom stereocenters. The zero-order chi connectivity index (χ0) is 19.6. The van der Waals surface area contributed by atoms with E-state index >= 15 is 0 Å². The Kier molecular flexibility index (Phi) is 5.85. The van der Waals surface area contributed by atoms with Crippen molar-refractivity contribution in [3.05, 3.63) is 69.6 Å². The van der Waals surface area contributed by atoms with Crippen LogP contribution in [0.25, 0.3) is 6.08 Å². The fraction of sp³-hybridized carbons (Fsp3) is 0.105. The molecule has 1 aliphatic rings. The molecule has 2 aromatic carbocycles. The highest BCUT2D eigenvalue weighted by Gasteiger charge is 2.34. The van der Waals surface area contributed by atoms with Gasteiger partial charge in [0.2, 0.25) is 0 Å². The molecule has 2 aromatic rings. The molecule has 0 radical (unpaired) electrons. The number of para-hydroxylation sites is 1. The molecule has 0 N–H and O–H groups in total. The van der Waals surface area contributed by atoms with E-state index in [1.54, 1.807) is 37.3 Å². The summed E-state index contributed by atoms with van der Waals surface area (Å²) in [5, 5.41) is 9.61. The third-order valence-corrected chi connectivity index (χ3v) is 5.32. The molecule has 8 heteroatoms. The second-order valence-corrected chi connectivity index (χ2v) is 7.70. The molecule has 0 bridgehead atoms.